The highest BCUT2D eigenvalue weighted by atomic mass is 16.1. The van der Waals surface area contributed by atoms with E-state index in [1.807, 2.05) is 29.0 Å². The molecule has 0 saturated carbocycles. The Kier molecular flexibility index (Phi) is 4.69. The molecule has 0 unspecified atom stereocenters. The van der Waals surface area contributed by atoms with Crippen LogP contribution in [0.4, 0.5) is 0 Å². The molecular weight excluding hydrogens is 240 g/mol. The van der Waals surface area contributed by atoms with Gasteiger partial charge in [-0.2, -0.15) is 0 Å². The Morgan fingerprint density at radius 3 is 2.79 bits per heavy atom. The zero-order chi connectivity index (χ0) is 13.5. The summed E-state index contributed by atoms with van der Waals surface area (Å²) >= 11 is 0. The first-order valence-corrected chi connectivity index (χ1v) is 6.23. The average molecular weight is 258 g/mol. The standard InChI is InChI=1S/C14H18N4O/c1-15-9-14(19)17-8-12-4-2-3-5-13(12)10-18-7-6-16-11-18/h2-7,11,15H,8-10H2,1H3,(H,17,19). The highest BCUT2D eigenvalue weighted by molar-refractivity contribution is 5.77. The first-order valence-electron chi connectivity index (χ1n) is 6.23. The number of nitrogens with zero attached hydrogens (tertiary/aromatic N) is 2. The maximum Gasteiger partial charge on any atom is 0.234 e. The minimum atomic E-state index is -0.0000612. The van der Waals surface area contributed by atoms with Crippen molar-refractivity contribution < 1.29 is 4.79 Å². The van der Waals surface area contributed by atoms with Crippen LogP contribution in [0, 0.1) is 0 Å². The van der Waals surface area contributed by atoms with Crippen LogP contribution in [0.1, 0.15) is 11.1 Å². The van der Waals surface area contributed by atoms with Crippen LogP contribution >= 0.6 is 0 Å². The highest BCUT2D eigenvalue weighted by Gasteiger charge is 2.04. The normalized spacial score (nSPS) is 10.4. The predicted octanol–water partition coefficient (Wildman–Crippen LogP) is 0.767. The molecule has 1 aromatic heterocycles. The summed E-state index contributed by atoms with van der Waals surface area (Å²) in [5.74, 6) is -0.0000612. The summed E-state index contributed by atoms with van der Waals surface area (Å²) in [6.07, 6.45) is 5.48. The highest BCUT2D eigenvalue weighted by Crippen LogP contribution is 2.10. The number of benzene rings is 1. The minimum absolute atomic E-state index is 0.0000612. The number of rotatable bonds is 6. The van der Waals surface area contributed by atoms with Crippen LogP contribution in [0.5, 0.6) is 0 Å². The number of aromatic nitrogens is 2. The van der Waals surface area contributed by atoms with E-state index in [0.29, 0.717) is 13.1 Å². The van der Waals surface area contributed by atoms with Crippen molar-refractivity contribution in [2.75, 3.05) is 13.6 Å². The number of carbonyl (C=O) groups is 1. The smallest absolute Gasteiger partial charge is 0.234 e. The van der Waals surface area contributed by atoms with Gasteiger partial charge in [0.05, 0.1) is 12.9 Å². The number of hydrogen-bond donors (Lipinski definition) is 2. The molecule has 1 aromatic carbocycles. The SMILES string of the molecule is CNCC(=O)NCc1ccccc1Cn1ccnc1. The Labute approximate surface area is 112 Å². The van der Waals surface area contributed by atoms with Crippen LogP contribution in [0.15, 0.2) is 43.0 Å². The molecule has 100 valence electrons. The zero-order valence-electron chi connectivity index (χ0n) is 11.0. The summed E-state index contributed by atoms with van der Waals surface area (Å²) < 4.78 is 2.01. The number of imidazole rings is 1. The molecule has 0 aliphatic heterocycles. The molecular formula is C14H18N4O. The second-order valence-corrected chi connectivity index (χ2v) is 4.31. The van der Waals surface area contributed by atoms with Crippen molar-refractivity contribution in [3.63, 3.8) is 0 Å². The van der Waals surface area contributed by atoms with E-state index in [1.165, 1.54) is 5.56 Å². The second-order valence-electron chi connectivity index (χ2n) is 4.31. The first kappa shape index (κ1) is 13.3. The number of carbonyl (C=O) groups excluding carboxylic acids is 1. The Balaban J connectivity index is 2.02. The van der Waals surface area contributed by atoms with E-state index in [0.717, 1.165) is 12.1 Å². The Morgan fingerprint density at radius 1 is 1.32 bits per heavy atom. The van der Waals surface area contributed by atoms with Crippen molar-refractivity contribution in [3.8, 4) is 0 Å². The van der Waals surface area contributed by atoms with Gasteiger partial charge < -0.3 is 15.2 Å². The lowest BCUT2D eigenvalue weighted by Gasteiger charge is -2.11. The van der Waals surface area contributed by atoms with E-state index in [-0.39, 0.29) is 5.91 Å². The van der Waals surface area contributed by atoms with Gasteiger partial charge in [0.2, 0.25) is 5.91 Å². The average Bonchev–Trinajstić information content (AvgIpc) is 2.91. The predicted molar refractivity (Wildman–Crippen MR) is 73.5 cm³/mol. The van der Waals surface area contributed by atoms with Crippen LogP contribution < -0.4 is 10.6 Å². The molecule has 0 spiro atoms. The molecule has 2 N–H and O–H groups in total. The topological polar surface area (TPSA) is 59.0 Å². The van der Waals surface area contributed by atoms with Gasteiger partial charge in [0, 0.05) is 25.5 Å². The van der Waals surface area contributed by atoms with Crippen LogP contribution in [0.2, 0.25) is 0 Å². The number of likely N-dealkylation sites (N-methyl/N-ethyl adjacent to an activating group) is 1. The molecule has 1 heterocycles. The Morgan fingerprint density at radius 2 is 2.11 bits per heavy atom. The molecule has 2 rings (SSSR count). The van der Waals surface area contributed by atoms with Gasteiger partial charge in [-0.25, -0.2) is 4.98 Å². The third-order valence-corrected chi connectivity index (χ3v) is 2.84. The van der Waals surface area contributed by atoms with Gasteiger partial charge in [0.1, 0.15) is 0 Å². The van der Waals surface area contributed by atoms with Crippen molar-refractivity contribution in [2.45, 2.75) is 13.1 Å². The van der Waals surface area contributed by atoms with Crippen molar-refractivity contribution in [2.24, 2.45) is 0 Å². The van der Waals surface area contributed by atoms with Gasteiger partial charge >= 0.3 is 0 Å². The maximum atomic E-state index is 11.5. The molecule has 1 amide bonds. The van der Waals surface area contributed by atoms with Gasteiger partial charge in [-0.15, -0.1) is 0 Å². The summed E-state index contributed by atoms with van der Waals surface area (Å²) in [4.78, 5) is 15.5. The summed E-state index contributed by atoms with van der Waals surface area (Å²) in [6, 6.07) is 8.09. The van der Waals surface area contributed by atoms with Gasteiger partial charge in [0.25, 0.3) is 0 Å². The fourth-order valence-electron chi connectivity index (χ4n) is 1.88. The van der Waals surface area contributed by atoms with Crippen molar-refractivity contribution in [3.05, 3.63) is 54.1 Å². The fourth-order valence-corrected chi connectivity index (χ4v) is 1.88. The third-order valence-electron chi connectivity index (χ3n) is 2.84. The van der Waals surface area contributed by atoms with Gasteiger partial charge in [-0.1, -0.05) is 24.3 Å². The Hall–Kier alpha value is -2.14. The van der Waals surface area contributed by atoms with Crippen LogP contribution in [0.25, 0.3) is 0 Å². The molecule has 0 bridgehead atoms. The molecule has 0 fully saturated rings. The van der Waals surface area contributed by atoms with E-state index in [4.69, 9.17) is 0 Å². The van der Waals surface area contributed by atoms with E-state index in [1.54, 1.807) is 19.6 Å². The largest absolute Gasteiger partial charge is 0.351 e. The molecule has 5 heteroatoms. The lowest BCUT2D eigenvalue weighted by molar-refractivity contribution is -0.120. The van der Waals surface area contributed by atoms with E-state index in [2.05, 4.69) is 21.7 Å². The molecule has 19 heavy (non-hydrogen) atoms. The number of hydrogen-bond acceptors (Lipinski definition) is 3. The first-order chi connectivity index (χ1) is 9.29. The Bertz CT molecular complexity index is 522. The second kappa shape index (κ2) is 6.70. The van der Waals surface area contributed by atoms with Crippen molar-refractivity contribution >= 4 is 5.91 Å². The lowest BCUT2D eigenvalue weighted by Crippen LogP contribution is -2.31. The maximum absolute atomic E-state index is 11.5. The molecule has 5 nitrogen and oxygen atoms in total. The summed E-state index contributed by atoms with van der Waals surface area (Å²) in [7, 11) is 1.76. The summed E-state index contributed by atoms with van der Waals surface area (Å²) in [5, 5.41) is 5.72. The zero-order valence-corrected chi connectivity index (χ0v) is 11.0. The molecule has 0 saturated heterocycles. The van der Waals surface area contributed by atoms with Crippen LogP contribution in [0.3, 0.4) is 0 Å². The minimum Gasteiger partial charge on any atom is -0.351 e. The lowest BCUT2D eigenvalue weighted by atomic mass is 10.1. The van der Waals surface area contributed by atoms with Crippen molar-refractivity contribution in [1.82, 2.24) is 20.2 Å². The van der Waals surface area contributed by atoms with Gasteiger partial charge in [0.15, 0.2) is 0 Å². The summed E-state index contributed by atoms with van der Waals surface area (Å²) in [6.45, 7) is 1.65. The van der Waals surface area contributed by atoms with Crippen LogP contribution in [-0.2, 0) is 17.9 Å². The summed E-state index contributed by atoms with van der Waals surface area (Å²) in [5.41, 5.74) is 2.31. The quantitative estimate of drug-likeness (QED) is 0.804. The van der Waals surface area contributed by atoms with E-state index >= 15 is 0 Å². The monoisotopic (exact) mass is 258 g/mol. The number of amides is 1. The molecule has 0 atom stereocenters. The van der Waals surface area contributed by atoms with Gasteiger partial charge in [-0.3, -0.25) is 4.79 Å². The third kappa shape index (κ3) is 3.93. The number of nitrogens with one attached hydrogen (secondary N) is 2. The van der Waals surface area contributed by atoms with E-state index in [9.17, 15) is 4.79 Å². The molecule has 0 aliphatic carbocycles. The van der Waals surface area contributed by atoms with E-state index < -0.39 is 0 Å². The molecule has 0 aliphatic rings. The van der Waals surface area contributed by atoms with Gasteiger partial charge in [-0.05, 0) is 18.2 Å². The molecule has 2 aromatic rings. The van der Waals surface area contributed by atoms with Crippen molar-refractivity contribution in [1.29, 1.82) is 0 Å². The fraction of sp³-hybridized carbons (Fsp3) is 0.286. The van der Waals surface area contributed by atoms with Crippen LogP contribution in [-0.4, -0.2) is 29.1 Å². The molecule has 0 radical (unpaired) electrons.